The molecule has 8 heteroatoms. The fourth-order valence-corrected chi connectivity index (χ4v) is 4.38. The van der Waals surface area contributed by atoms with Crippen LogP contribution < -0.4 is 10.2 Å². The number of hydrogen-bond donors (Lipinski definition) is 1. The second-order valence-corrected chi connectivity index (χ2v) is 8.54. The van der Waals surface area contributed by atoms with Crippen LogP contribution in [0.3, 0.4) is 0 Å². The third kappa shape index (κ3) is 3.76. The van der Waals surface area contributed by atoms with Gasteiger partial charge in [-0.1, -0.05) is 19.9 Å². The molecule has 2 amide bonds. The number of benzene rings is 1. The van der Waals surface area contributed by atoms with Crippen LogP contribution in [-0.4, -0.2) is 68.1 Å². The summed E-state index contributed by atoms with van der Waals surface area (Å²) in [6, 6.07) is 5.76. The molecule has 0 aliphatic carbocycles. The second-order valence-electron chi connectivity index (χ2n) is 8.54. The summed E-state index contributed by atoms with van der Waals surface area (Å²) in [7, 11) is 1.76. The molecule has 0 bridgehead atoms. The number of rotatable bonds is 2. The summed E-state index contributed by atoms with van der Waals surface area (Å²) in [4.78, 5) is 29.3. The lowest BCUT2D eigenvalue weighted by atomic mass is 9.83. The number of carbonyl (C=O) groups is 2. The lowest BCUT2D eigenvalue weighted by Gasteiger charge is -2.31. The van der Waals surface area contributed by atoms with Crippen molar-refractivity contribution in [1.29, 1.82) is 0 Å². The van der Waals surface area contributed by atoms with Crippen molar-refractivity contribution in [1.82, 2.24) is 14.8 Å². The van der Waals surface area contributed by atoms with E-state index in [4.69, 9.17) is 9.47 Å². The number of nitrogens with zero attached hydrogens (tertiary/aromatic N) is 3. The van der Waals surface area contributed by atoms with Crippen molar-refractivity contribution >= 4 is 34.8 Å². The molecular weight excluding hydrogens is 396 g/mol. The summed E-state index contributed by atoms with van der Waals surface area (Å²) in [6.07, 6.45) is 3.37. The molecule has 2 aromatic rings. The minimum Gasteiger partial charge on any atom is -0.449 e. The maximum atomic E-state index is 13.0. The van der Waals surface area contributed by atoms with Crippen molar-refractivity contribution in [2.45, 2.75) is 26.2 Å². The lowest BCUT2D eigenvalue weighted by Crippen LogP contribution is -2.47. The summed E-state index contributed by atoms with van der Waals surface area (Å²) in [5, 5.41) is 4.28. The number of fused-ring (bicyclic) bond motifs is 3. The third-order valence-corrected chi connectivity index (χ3v) is 5.97. The van der Waals surface area contributed by atoms with Crippen LogP contribution in [0.4, 0.5) is 15.3 Å². The van der Waals surface area contributed by atoms with Crippen LogP contribution in [0.1, 0.15) is 32.0 Å². The Hall–Kier alpha value is -3.00. The van der Waals surface area contributed by atoms with E-state index >= 15 is 0 Å². The van der Waals surface area contributed by atoms with Gasteiger partial charge in [-0.15, -0.1) is 0 Å². The molecule has 4 rings (SSSR count). The number of morpholine rings is 1. The molecule has 166 valence electrons. The smallest absolute Gasteiger partial charge is 0.418 e. The highest BCUT2D eigenvalue weighted by Gasteiger charge is 2.33. The van der Waals surface area contributed by atoms with Crippen molar-refractivity contribution in [2.24, 2.45) is 0 Å². The molecule has 0 radical (unpaired) electrons. The first-order valence-corrected chi connectivity index (χ1v) is 10.7. The van der Waals surface area contributed by atoms with Gasteiger partial charge >= 0.3 is 12.1 Å². The van der Waals surface area contributed by atoms with E-state index in [-0.39, 0.29) is 18.1 Å². The molecule has 31 heavy (non-hydrogen) atoms. The number of ether oxygens (including phenoxy) is 2. The number of anilines is 1. The Morgan fingerprint density at radius 3 is 2.71 bits per heavy atom. The van der Waals surface area contributed by atoms with Gasteiger partial charge in [0, 0.05) is 43.2 Å². The molecular formula is C23H30N4O4. The quantitative estimate of drug-likeness (QED) is 0.797. The molecule has 1 aromatic carbocycles. The van der Waals surface area contributed by atoms with Gasteiger partial charge in [0.25, 0.3) is 0 Å². The summed E-state index contributed by atoms with van der Waals surface area (Å²) in [5.74, 6) is 0. The Kier molecular flexibility index (Phi) is 5.66. The normalized spacial score (nSPS) is 17.6. The molecule has 0 spiro atoms. The number of nitrogens with one attached hydrogen (secondary N) is 1. The van der Waals surface area contributed by atoms with Crippen LogP contribution >= 0.6 is 0 Å². The Morgan fingerprint density at radius 2 is 2.00 bits per heavy atom. The zero-order valence-electron chi connectivity index (χ0n) is 18.6. The summed E-state index contributed by atoms with van der Waals surface area (Å²) >= 11 is 0. The van der Waals surface area contributed by atoms with E-state index in [9.17, 15) is 9.59 Å². The standard InChI is InChI=1S/C23H30N4O4/c1-5-31-22(29)27-18-8-9-24-15-23(2,3)20(18)17-7-6-16(14-19(17)27)25(4)21(28)26-10-12-30-13-11-26/h6-9,14,24H,5,10-13,15H2,1-4H3. The summed E-state index contributed by atoms with van der Waals surface area (Å²) < 4.78 is 12.4. The Balaban J connectivity index is 1.84. The Labute approximate surface area is 182 Å². The highest BCUT2D eigenvalue weighted by Crippen LogP contribution is 2.39. The predicted molar refractivity (Wildman–Crippen MR) is 121 cm³/mol. The molecule has 0 unspecified atom stereocenters. The molecule has 1 N–H and O–H groups in total. The Bertz CT molecular complexity index is 1030. The molecule has 1 saturated heterocycles. The number of urea groups is 1. The third-order valence-electron chi connectivity index (χ3n) is 5.97. The Morgan fingerprint density at radius 1 is 1.26 bits per heavy atom. The number of hydrogen-bond acceptors (Lipinski definition) is 5. The second kappa shape index (κ2) is 8.26. The van der Waals surface area contributed by atoms with E-state index in [1.54, 1.807) is 28.3 Å². The van der Waals surface area contributed by atoms with Crippen LogP contribution in [0.15, 0.2) is 24.4 Å². The van der Waals surface area contributed by atoms with Crippen molar-refractivity contribution in [3.05, 3.63) is 35.7 Å². The van der Waals surface area contributed by atoms with Crippen molar-refractivity contribution in [3.8, 4) is 0 Å². The lowest BCUT2D eigenvalue weighted by molar-refractivity contribution is 0.0551. The van der Waals surface area contributed by atoms with E-state index in [0.717, 1.165) is 34.4 Å². The molecule has 8 nitrogen and oxygen atoms in total. The highest BCUT2D eigenvalue weighted by molar-refractivity contribution is 6.00. The first-order chi connectivity index (χ1) is 14.8. The largest absolute Gasteiger partial charge is 0.449 e. The van der Waals surface area contributed by atoms with Gasteiger partial charge in [0.05, 0.1) is 31.0 Å². The van der Waals surface area contributed by atoms with Gasteiger partial charge in [0.2, 0.25) is 0 Å². The van der Waals surface area contributed by atoms with Gasteiger partial charge < -0.3 is 19.7 Å². The van der Waals surface area contributed by atoms with E-state index in [0.29, 0.717) is 26.3 Å². The van der Waals surface area contributed by atoms with Crippen molar-refractivity contribution in [3.63, 3.8) is 0 Å². The minimum absolute atomic E-state index is 0.0807. The molecule has 2 aliphatic heterocycles. The van der Waals surface area contributed by atoms with Crippen LogP contribution in [0.5, 0.6) is 0 Å². The topological polar surface area (TPSA) is 76.0 Å². The summed E-state index contributed by atoms with van der Waals surface area (Å²) in [5.41, 5.74) is 3.16. The van der Waals surface area contributed by atoms with E-state index in [1.165, 1.54) is 0 Å². The average Bonchev–Trinajstić information content (AvgIpc) is 3.02. The summed E-state index contributed by atoms with van der Waals surface area (Å²) in [6.45, 7) is 9.38. The van der Waals surface area contributed by atoms with Gasteiger partial charge in [0.1, 0.15) is 0 Å². The monoisotopic (exact) mass is 426 g/mol. The first kappa shape index (κ1) is 21.2. The van der Waals surface area contributed by atoms with Crippen molar-refractivity contribution in [2.75, 3.05) is 51.4 Å². The molecule has 0 saturated carbocycles. The predicted octanol–water partition coefficient (Wildman–Crippen LogP) is 3.39. The zero-order valence-corrected chi connectivity index (χ0v) is 18.6. The van der Waals surface area contributed by atoms with Gasteiger partial charge in [-0.05, 0) is 36.9 Å². The highest BCUT2D eigenvalue weighted by atomic mass is 16.5. The fraction of sp³-hybridized carbons (Fsp3) is 0.478. The van der Waals surface area contributed by atoms with Crippen LogP contribution in [0, 0.1) is 0 Å². The fourth-order valence-electron chi connectivity index (χ4n) is 4.38. The molecule has 1 fully saturated rings. The van der Waals surface area contributed by atoms with Gasteiger partial charge in [-0.25, -0.2) is 14.2 Å². The van der Waals surface area contributed by atoms with E-state index in [2.05, 4.69) is 19.2 Å². The SMILES string of the molecule is CCOC(=O)n1c2c(c3ccc(N(C)C(=O)N4CCOCC4)cc31)C(C)(C)CNC=C2. The van der Waals surface area contributed by atoms with Gasteiger partial charge in [-0.2, -0.15) is 0 Å². The number of aromatic nitrogens is 1. The zero-order chi connectivity index (χ0) is 22.2. The number of carbonyl (C=O) groups excluding carboxylic acids is 2. The molecule has 3 heterocycles. The number of amides is 2. The molecule has 1 aromatic heterocycles. The van der Waals surface area contributed by atoms with E-state index in [1.807, 2.05) is 30.5 Å². The molecule has 2 aliphatic rings. The minimum atomic E-state index is -0.421. The van der Waals surface area contributed by atoms with Crippen LogP contribution in [-0.2, 0) is 14.9 Å². The van der Waals surface area contributed by atoms with Crippen molar-refractivity contribution < 1.29 is 19.1 Å². The maximum Gasteiger partial charge on any atom is 0.418 e. The average molecular weight is 427 g/mol. The van der Waals surface area contributed by atoms with Crippen LogP contribution in [0.2, 0.25) is 0 Å². The first-order valence-electron chi connectivity index (χ1n) is 10.7. The van der Waals surface area contributed by atoms with Crippen LogP contribution in [0.25, 0.3) is 17.0 Å². The van der Waals surface area contributed by atoms with Gasteiger partial charge in [0.15, 0.2) is 0 Å². The molecule has 0 atom stereocenters. The maximum absolute atomic E-state index is 13.0. The van der Waals surface area contributed by atoms with E-state index < -0.39 is 6.09 Å². The van der Waals surface area contributed by atoms with Gasteiger partial charge in [-0.3, -0.25) is 4.90 Å².